The van der Waals surface area contributed by atoms with Crippen LogP contribution in [0.3, 0.4) is 0 Å². The van der Waals surface area contributed by atoms with Crippen LogP contribution in [0.15, 0.2) is 87.8 Å². The summed E-state index contributed by atoms with van der Waals surface area (Å²) in [7, 11) is 0. The van der Waals surface area contributed by atoms with Gasteiger partial charge in [0.25, 0.3) is 11.5 Å². The van der Waals surface area contributed by atoms with E-state index in [0.29, 0.717) is 5.16 Å². The van der Waals surface area contributed by atoms with Crippen LogP contribution in [0.4, 0.5) is 0 Å². The zero-order valence-corrected chi connectivity index (χ0v) is 22.6. The zero-order valence-electron chi connectivity index (χ0n) is 20.9. The third-order valence-electron chi connectivity index (χ3n) is 6.82. The molecule has 1 N–H and O–H groups in total. The van der Waals surface area contributed by atoms with E-state index in [9.17, 15) is 9.59 Å². The summed E-state index contributed by atoms with van der Waals surface area (Å²) in [6.07, 6.45) is 4.16. The fourth-order valence-electron chi connectivity index (χ4n) is 4.88. The van der Waals surface area contributed by atoms with Crippen LogP contribution in [0.1, 0.15) is 35.8 Å². The topological polar surface area (TPSA) is 76.3 Å². The first-order chi connectivity index (χ1) is 18.6. The Hall–Kier alpha value is -3.75. The molecular weight excluding hydrogens is 512 g/mol. The van der Waals surface area contributed by atoms with Crippen LogP contribution < -0.4 is 11.0 Å². The van der Waals surface area contributed by atoms with Crippen molar-refractivity contribution >= 4 is 55.7 Å². The van der Waals surface area contributed by atoms with E-state index < -0.39 is 0 Å². The number of hydrazone groups is 1. The Morgan fingerprint density at radius 3 is 2.63 bits per heavy atom. The van der Waals surface area contributed by atoms with Gasteiger partial charge >= 0.3 is 0 Å². The molecule has 0 bridgehead atoms. The van der Waals surface area contributed by atoms with Gasteiger partial charge in [-0.2, -0.15) is 5.10 Å². The molecule has 1 aliphatic carbocycles. The summed E-state index contributed by atoms with van der Waals surface area (Å²) in [6, 6.07) is 23.8. The van der Waals surface area contributed by atoms with E-state index in [0.717, 1.165) is 69.2 Å². The quantitative estimate of drug-likeness (QED) is 0.122. The first-order valence-corrected chi connectivity index (χ1v) is 14.5. The summed E-state index contributed by atoms with van der Waals surface area (Å²) in [6.45, 7) is 1.87. The number of aryl methyl sites for hydroxylation is 2. The molecule has 0 aliphatic heterocycles. The molecule has 6 rings (SSSR count). The van der Waals surface area contributed by atoms with Crippen LogP contribution in [-0.2, 0) is 17.6 Å². The van der Waals surface area contributed by atoms with Crippen molar-refractivity contribution in [3.05, 3.63) is 99.2 Å². The highest BCUT2D eigenvalue weighted by Crippen LogP contribution is 2.35. The molecule has 2 aromatic heterocycles. The number of benzene rings is 3. The molecule has 2 heterocycles. The predicted octanol–water partition coefficient (Wildman–Crippen LogP) is 6.11. The zero-order chi connectivity index (χ0) is 26.1. The highest BCUT2D eigenvalue weighted by molar-refractivity contribution is 7.99. The van der Waals surface area contributed by atoms with Crippen LogP contribution in [0.5, 0.6) is 0 Å². The number of carbonyl (C=O) groups excluding carboxylic acids is 1. The van der Waals surface area contributed by atoms with Crippen molar-refractivity contribution in [2.24, 2.45) is 5.10 Å². The number of rotatable bonds is 6. The van der Waals surface area contributed by atoms with Gasteiger partial charge in [0, 0.05) is 4.88 Å². The number of para-hydroxylation sites is 1. The Morgan fingerprint density at radius 2 is 1.79 bits per heavy atom. The van der Waals surface area contributed by atoms with Crippen molar-refractivity contribution in [2.75, 3.05) is 5.75 Å². The third-order valence-corrected chi connectivity index (χ3v) is 8.94. The summed E-state index contributed by atoms with van der Waals surface area (Å²) in [5.74, 6) is -0.167. The van der Waals surface area contributed by atoms with Crippen molar-refractivity contribution in [3.8, 4) is 5.69 Å². The van der Waals surface area contributed by atoms with E-state index in [2.05, 4.69) is 34.8 Å². The van der Waals surface area contributed by atoms with Crippen LogP contribution >= 0.6 is 23.1 Å². The molecule has 38 heavy (non-hydrogen) atoms. The molecule has 5 aromatic rings. The maximum atomic E-state index is 13.8. The molecule has 0 atom stereocenters. The summed E-state index contributed by atoms with van der Waals surface area (Å²) >= 11 is 2.87. The SMILES string of the molecule is C/C(=N\NC(=O)CSc1nc2sc3c(c2c(=O)n1-c1ccccc1)CCCC3)c1ccc2ccccc2c1. The number of aromatic nitrogens is 2. The summed E-state index contributed by atoms with van der Waals surface area (Å²) in [4.78, 5) is 33.5. The molecule has 190 valence electrons. The molecule has 0 saturated heterocycles. The second-order valence-electron chi connectivity index (χ2n) is 9.34. The Morgan fingerprint density at radius 1 is 1.03 bits per heavy atom. The highest BCUT2D eigenvalue weighted by Gasteiger charge is 2.23. The molecule has 0 spiro atoms. The number of thioether (sulfide) groups is 1. The average Bonchev–Trinajstić information content (AvgIpc) is 3.33. The van der Waals surface area contributed by atoms with Crippen LogP contribution in [-0.4, -0.2) is 26.9 Å². The lowest BCUT2D eigenvalue weighted by Gasteiger charge is -2.13. The van der Waals surface area contributed by atoms with E-state index in [-0.39, 0.29) is 17.2 Å². The van der Waals surface area contributed by atoms with Gasteiger partial charge in [-0.15, -0.1) is 11.3 Å². The standard InChI is InChI=1S/C30H26N4O2S2/c1-19(21-16-15-20-9-5-6-10-22(20)17-21)32-33-26(35)18-37-30-31-28-27(24-13-7-8-14-25(24)38-28)29(36)34(30)23-11-3-2-4-12-23/h2-6,9-12,15-17H,7-8,13-14,18H2,1H3,(H,33,35)/b32-19+. The Labute approximate surface area is 228 Å². The van der Waals surface area contributed by atoms with Gasteiger partial charge in [0.2, 0.25) is 0 Å². The van der Waals surface area contributed by atoms with Gasteiger partial charge in [0.05, 0.1) is 22.5 Å². The Balaban J connectivity index is 1.25. The average molecular weight is 539 g/mol. The minimum Gasteiger partial charge on any atom is -0.272 e. The minimum atomic E-state index is -0.255. The summed E-state index contributed by atoms with van der Waals surface area (Å²) in [5.41, 5.74) is 6.18. The van der Waals surface area contributed by atoms with Gasteiger partial charge < -0.3 is 0 Å². The van der Waals surface area contributed by atoms with Crippen LogP contribution in [0.25, 0.3) is 26.7 Å². The van der Waals surface area contributed by atoms with E-state index in [1.165, 1.54) is 16.6 Å². The second kappa shape index (κ2) is 10.6. The monoisotopic (exact) mass is 538 g/mol. The molecule has 8 heteroatoms. The molecule has 6 nitrogen and oxygen atoms in total. The van der Waals surface area contributed by atoms with E-state index in [1.807, 2.05) is 55.5 Å². The van der Waals surface area contributed by atoms with Gasteiger partial charge in [-0.05, 0) is 72.7 Å². The van der Waals surface area contributed by atoms with Crippen molar-refractivity contribution in [2.45, 2.75) is 37.8 Å². The van der Waals surface area contributed by atoms with Gasteiger partial charge in [0.15, 0.2) is 5.16 Å². The van der Waals surface area contributed by atoms with E-state index in [1.54, 1.807) is 15.9 Å². The summed E-state index contributed by atoms with van der Waals surface area (Å²) in [5, 5.41) is 7.85. The first-order valence-electron chi connectivity index (χ1n) is 12.7. The van der Waals surface area contributed by atoms with Gasteiger partial charge in [0.1, 0.15) is 4.83 Å². The molecule has 0 fully saturated rings. The number of amides is 1. The molecule has 3 aromatic carbocycles. The number of nitrogens with one attached hydrogen (secondary N) is 1. The van der Waals surface area contributed by atoms with Crippen molar-refractivity contribution < 1.29 is 4.79 Å². The maximum Gasteiger partial charge on any atom is 0.267 e. The number of hydrogen-bond acceptors (Lipinski definition) is 6. The molecule has 0 saturated carbocycles. The molecular formula is C30H26N4O2S2. The number of nitrogens with zero attached hydrogens (tertiary/aromatic N) is 3. The lowest BCUT2D eigenvalue weighted by molar-refractivity contribution is -0.118. The van der Waals surface area contributed by atoms with E-state index in [4.69, 9.17) is 4.98 Å². The van der Waals surface area contributed by atoms with Crippen molar-refractivity contribution in [1.29, 1.82) is 0 Å². The molecule has 1 amide bonds. The normalized spacial score (nSPS) is 13.6. The number of hydrogen-bond donors (Lipinski definition) is 1. The predicted molar refractivity (Wildman–Crippen MR) is 157 cm³/mol. The Kier molecular flexibility index (Phi) is 6.82. The smallest absolute Gasteiger partial charge is 0.267 e. The van der Waals surface area contributed by atoms with Gasteiger partial charge in [-0.25, -0.2) is 10.4 Å². The number of carbonyl (C=O) groups is 1. The third kappa shape index (κ3) is 4.77. The minimum absolute atomic E-state index is 0.0614. The lowest BCUT2D eigenvalue weighted by Crippen LogP contribution is -2.24. The van der Waals surface area contributed by atoms with Crippen LogP contribution in [0, 0.1) is 0 Å². The summed E-state index contributed by atoms with van der Waals surface area (Å²) < 4.78 is 1.64. The Bertz CT molecular complexity index is 1760. The van der Waals surface area contributed by atoms with Crippen molar-refractivity contribution in [3.63, 3.8) is 0 Å². The largest absolute Gasteiger partial charge is 0.272 e. The molecule has 1 aliphatic rings. The maximum absolute atomic E-state index is 13.8. The van der Waals surface area contributed by atoms with Gasteiger partial charge in [-0.3, -0.25) is 14.2 Å². The first kappa shape index (κ1) is 24.6. The highest BCUT2D eigenvalue weighted by atomic mass is 32.2. The van der Waals surface area contributed by atoms with Crippen LogP contribution in [0.2, 0.25) is 0 Å². The fourth-order valence-corrected chi connectivity index (χ4v) is 6.98. The molecule has 0 unspecified atom stereocenters. The number of thiophene rings is 1. The fraction of sp³-hybridized carbons (Fsp3) is 0.200. The second-order valence-corrected chi connectivity index (χ2v) is 11.4. The number of fused-ring (bicyclic) bond motifs is 4. The lowest BCUT2D eigenvalue weighted by atomic mass is 9.97. The van der Waals surface area contributed by atoms with Crippen molar-refractivity contribution in [1.82, 2.24) is 15.0 Å². The van der Waals surface area contributed by atoms with Gasteiger partial charge in [-0.1, -0.05) is 66.4 Å². The van der Waals surface area contributed by atoms with E-state index >= 15 is 0 Å². The molecule has 0 radical (unpaired) electrons.